The second kappa shape index (κ2) is 4.02. The fourth-order valence-corrected chi connectivity index (χ4v) is 1.39. The molecule has 16 heavy (non-hydrogen) atoms. The van der Waals surface area contributed by atoms with E-state index in [4.69, 9.17) is 11.5 Å². The fourth-order valence-electron chi connectivity index (χ4n) is 1.39. The maximum absolute atomic E-state index is 12.0. The van der Waals surface area contributed by atoms with E-state index in [0.717, 1.165) is 0 Å². The van der Waals surface area contributed by atoms with Gasteiger partial charge in [-0.05, 0) is 12.1 Å². The largest absolute Gasteiger partial charge is 0.397 e. The lowest BCUT2D eigenvalue weighted by atomic mass is 10.1. The topological polar surface area (TPSA) is 82.0 Å². The molecule has 2 rings (SSSR count). The van der Waals surface area contributed by atoms with E-state index in [1.807, 2.05) is 6.07 Å². The number of carbonyl (C=O) groups excluding carboxylic acids is 1. The highest BCUT2D eigenvalue weighted by Crippen LogP contribution is 2.15. The Hall–Kier alpha value is -2.36. The van der Waals surface area contributed by atoms with Gasteiger partial charge in [0.2, 0.25) is 5.78 Å². The normalized spacial score (nSPS) is 10.0. The van der Waals surface area contributed by atoms with Crippen molar-refractivity contribution in [2.45, 2.75) is 0 Å². The number of aromatic nitrogens is 1. The Morgan fingerprint density at radius 3 is 2.38 bits per heavy atom. The molecule has 1 aromatic carbocycles. The standard InChI is InChI=1S/C12H11N3O/c13-9-6-7-10(14)15-11(9)12(16)8-4-2-1-3-5-8/h1-7H,13H2,(H2,14,15). The molecular weight excluding hydrogens is 202 g/mol. The van der Waals surface area contributed by atoms with E-state index in [-0.39, 0.29) is 17.3 Å². The molecule has 0 radical (unpaired) electrons. The van der Waals surface area contributed by atoms with Crippen molar-refractivity contribution in [1.29, 1.82) is 0 Å². The van der Waals surface area contributed by atoms with Crippen LogP contribution in [0.4, 0.5) is 11.5 Å². The van der Waals surface area contributed by atoms with E-state index < -0.39 is 0 Å². The highest BCUT2D eigenvalue weighted by atomic mass is 16.1. The summed E-state index contributed by atoms with van der Waals surface area (Å²) in [7, 11) is 0. The average molecular weight is 213 g/mol. The van der Waals surface area contributed by atoms with Gasteiger partial charge in [-0.2, -0.15) is 0 Å². The van der Waals surface area contributed by atoms with E-state index >= 15 is 0 Å². The lowest BCUT2D eigenvalue weighted by Gasteiger charge is -2.04. The summed E-state index contributed by atoms with van der Waals surface area (Å²) in [4.78, 5) is 16.0. The quantitative estimate of drug-likeness (QED) is 0.740. The van der Waals surface area contributed by atoms with Crippen molar-refractivity contribution in [2.75, 3.05) is 11.5 Å². The van der Waals surface area contributed by atoms with Crippen LogP contribution in [0.5, 0.6) is 0 Å². The van der Waals surface area contributed by atoms with Gasteiger partial charge in [0, 0.05) is 5.56 Å². The van der Waals surface area contributed by atoms with Gasteiger partial charge in [0.15, 0.2) is 0 Å². The van der Waals surface area contributed by atoms with Gasteiger partial charge >= 0.3 is 0 Å². The number of rotatable bonds is 2. The number of hydrogen-bond acceptors (Lipinski definition) is 4. The van der Waals surface area contributed by atoms with Crippen LogP contribution in [0, 0.1) is 0 Å². The first-order valence-electron chi connectivity index (χ1n) is 4.80. The molecule has 0 unspecified atom stereocenters. The molecule has 4 N–H and O–H groups in total. The van der Waals surface area contributed by atoms with Gasteiger partial charge in [-0.3, -0.25) is 4.79 Å². The zero-order chi connectivity index (χ0) is 11.5. The molecule has 80 valence electrons. The SMILES string of the molecule is Nc1ccc(N)c(C(=O)c2ccccc2)n1. The first-order chi connectivity index (χ1) is 7.68. The number of benzene rings is 1. The first kappa shape index (κ1) is 10.2. The molecule has 0 aliphatic rings. The molecule has 0 bridgehead atoms. The number of nitrogens with zero attached hydrogens (tertiary/aromatic N) is 1. The summed E-state index contributed by atoms with van der Waals surface area (Å²) in [5.74, 6) is 0.0684. The van der Waals surface area contributed by atoms with Crippen LogP contribution in [-0.2, 0) is 0 Å². The fraction of sp³-hybridized carbons (Fsp3) is 0. The molecule has 0 amide bonds. The molecule has 0 fully saturated rings. The van der Waals surface area contributed by atoms with Gasteiger partial charge in [0.05, 0.1) is 5.69 Å². The lowest BCUT2D eigenvalue weighted by Crippen LogP contribution is -2.09. The minimum absolute atomic E-state index is 0.200. The Balaban J connectivity index is 2.46. The van der Waals surface area contributed by atoms with Crippen LogP contribution in [-0.4, -0.2) is 10.8 Å². The van der Waals surface area contributed by atoms with Gasteiger partial charge in [-0.15, -0.1) is 0 Å². The number of nitrogen functional groups attached to an aromatic ring is 2. The summed E-state index contributed by atoms with van der Waals surface area (Å²) >= 11 is 0. The second-order valence-electron chi connectivity index (χ2n) is 3.37. The van der Waals surface area contributed by atoms with Crippen LogP contribution < -0.4 is 11.5 Å². The monoisotopic (exact) mass is 213 g/mol. The molecule has 0 aliphatic heterocycles. The number of anilines is 2. The number of carbonyl (C=O) groups is 1. The van der Waals surface area contributed by atoms with Crippen molar-refractivity contribution in [1.82, 2.24) is 4.98 Å². The van der Waals surface area contributed by atoms with Crippen molar-refractivity contribution in [3.05, 3.63) is 53.7 Å². The Bertz CT molecular complexity index is 523. The minimum atomic E-state index is -0.217. The minimum Gasteiger partial charge on any atom is -0.397 e. The highest BCUT2D eigenvalue weighted by molar-refractivity contribution is 6.10. The van der Waals surface area contributed by atoms with E-state index in [2.05, 4.69) is 4.98 Å². The summed E-state index contributed by atoms with van der Waals surface area (Å²) in [6.45, 7) is 0. The molecule has 0 atom stereocenters. The van der Waals surface area contributed by atoms with Crippen LogP contribution in [0.15, 0.2) is 42.5 Å². The first-order valence-corrected chi connectivity index (χ1v) is 4.80. The van der Waals surface area contributed by atoms with Crippen LogP contribution in [0.2, 0.25) is 0 Å². The van der Waals surface area contributed by atoms with Crippen LogP contribution in [0.1, 0.15) is 16.1 Å². The smallest absolute Gasteiger partial charge is 0.213 e. The van der Waals surface area contributed by atoms with Gasteiger partial charge in [-0.25, -0.2) is 4.98 Å². The molecule has 2 aromatic rings. The number of nitrogens with two attached hydrogens (primary N) is 2. The van der Waals surface area contributed by atoms with Crippen molar-refractivity contribution in [3.63, 3.8) is 0 Å². The molecule has 0 saturated carbocycles. The Morgan fingerprint density at radius 1 is 1.00 bits per heavy atom. The average Bonchev–Trinajstić information content (AvgIpc) is 2.32. The van der Waals surface area contributed by atoms with Crippen LogP contribution in [0.25, 0.3) is 0 Å². The highest BCUT2D eigenvalue weighted by Gasteiger charge is 2.13. The van der Waals surface area contributed by atoms with Crippen molar-refractivity contribution < 1.29 is 4.79 Å². The number of ketones is 1. The van der Waals surface area contributed by atoms with E-state index in [1.54, 1.807) is 36.4 Å². The second-order valence-corrected chi connectivity index (χ2v) is 3.37. The summed E-state index contributed by atoms with van der Waals surface area (Å²) in [6.07, 6.45) is 0. The summed E-state index contributed by atoms with van der Waals surface area (Å²) in [5.41, 5.74) is 12.3. The Labute approximate surface area is 92.9 Å². The third-order valence-electron chi connectivity index (χ3n) is 2.20. The van der Waals surface area contributed by atoms with Gasteiger partial charge in [0.1, 0.15) is 11.5 Å². The summed E-state index contributed by atoms with van der Waals surface area (Å²) in [5, 5.41) is 0. The number of pyridine rings is 1. The predicted molar refractivity (Wildman–Crippen MR) is 62.9 cm³/mol. The van der Waals surface area contributed by atoms with E-state index in [9.17, 15) is 4.79 Å². The Kier molecular flexibility index (Phi) is 2.55. The maximum Gasteiger partial charge on any atom is 0.213 e. The zero-order valence-corrected chi connectivity index (χ0v) is 8.55. The van der Waals surface area contributed by atoms with Crippen LogP contribution in [0.3, 0.4) is 0 Å². The molecule has 0 spiro atoms. The molecule has 0 aliphatic carbocycles. The van der Waals surface area contributed by atoms with Gasteiger partial charge in [0.25, 0.3) is 0 Å². The summed E-state index contributed by atoms with van der Waals surface area (Å²) in [6, 6.07) is 12.0. The summed E-state index contributed by atoms with van der Waals surface area (Å²) < 4.78 is 0. The van der Waals surface area contributed by atoms with Gasteiger partial charge in [-0.1, -0.05) is 30.3 Å². The molecule has 4 heteroatoms. The predicted octanol–water partition coefficient (Wildman–Crippen LogP) is 1.48. The zero-order valence-electron chi connectivity index (χ0n) is 8.55. The molecule has 0 saturated heterocycles. The third kappa shape index (κ3) is 1.86. The lowest BCUT2D eigenvalue weighted by molar-refractivity contribution is 0.103. The third-order valence-corrected chi connectivity index (χ3v) is 2.20. The van der Waals surface area contributed by atoms with E-state index in [1.165, 1.54) is 0 Å². The van der Waals surface area contributed by atoms with Crippen molar-refractivity contribution in [3.8, 4) is 0 Å². The maximum atomic E-state index is 12.0. The van der Waals surface area contributed by atoms with Crippen molar-refractivity contribution in [2.24, 2.45) is 0 Å². The molecule has 1 aromatic heterocycles. The van der Waals surface area contributed by atoms with E-state index in [0.29, 0.717) is 11.3 Å². The van der Waals surface area contributed by atoms with Crippen molar-refractivity contribution >= 4 is 17.3 Å². The van der Waals surface area contributed by atoms with Gasteiger partial charge < -0.3 is 11.5 Å². The molecule has 4 nitrogen and oxygen atoms in total. The van der Waals surface area contributed by atoms with Crippen LogP contribution >= 0.6 is 0 Å². The molecular formula is C12H11N3O. The Morgan fingerprint density at radius 2 is 1.69 bits per heavy atom. The number of hydrogen-bond donors (Lipinski definition) is 2. The molecule has 1 heterocycles.